The van der Waals surface area contributed by atoms with Crippen molar-refractivity contribution in [3.63, 3.8) is 0 Å². The lowest BCUT2D eigenvalue weighted by atomic mass is 9.73. The normalized spacial score (nSPS) is 23.2. The lowest BCUT2D eigenvalue weighted by molar-refractivity contribution is -0.119. The molecule has 6 rings (SSSR count). The molecule has 2 aromatic carbocycles. The van der Waals surface area contributed by atoms with Crippen LogP contribution in [-0.4, -0.2) is 44.0 Å². The van der Waals surface area contributed by atoms with Crippen molar-refractivity contribution in [3.05, 3.63) is 83.6 Å². The van der Waals surface area contributed by atoms with Crippen LogP contribution in [0.4, 0.5) is 0 Å². The first-order chi connectivity index (χ1) is 21.9. The average molecular weight is 634 g/mol. The molecule has 2 aliphatic heterocycles. The quantitative estimate of drug-likeness (QED) is 0.220. The Labute approximate surface area is 265 Å². The predicted octanol–water partition coefficient (Wildman–Crippen LogP) is 6.02. The summed E-state index contributed by atoms with van der Waals surface area (Å²) in [6.45, 7) is 0.626. The number of nitrogens with zero attached hydrogens (tertiary/aromatic N) is 1. The molecule has 1 aromatic heterocycles. The van der Waals surface area contributed by atoms with E-state index >= 15 is 0 Å². The Morgan fingerprint density at radius 2 is 1.60 bits per heavy atom. The van der Waals surface area contributed by atoms with Crippen molar-refractivity contribution in [2.24, 2.45) is 5.92 Å². The first-order valence-electron chi connectivity index (χ1n) is 16.5. The van der Waals surface area contributed by atoms with E-state index in [1.807, 2.05) is 24.3 Å². The van der Waals surface area contributed by atoms with Crippen LogP contribution in [0, 0.1) is 5.92 Å². The van der Waals surface area contributed by atoms with Gasteiger partial charge in [0.1, 0.15) is 6.26 Å². The number of aryl methyl sites for hydroxylation is 1. The van der Waals surface area contributed by atoms with Crippen LogP contribution in [-0.2, 0) is 26.0 Å². The maximum atomic E-state index is 12.9. The number of oxazole rings is 1. The highest BCUT2D eigenvalue weighted by Gasteiger charge is 2.52. The number of rotatable bonds is 13. The van der Waals surface area contributed by atoms with Gasteiger partial charge in [-0.1, -0.05) is 87.4 Å². The van der Waals surface area contributed by atoms with E-state index in [0.717, 1.165) is 42.7 Å². The summed E-state index contributed by atoms with van der Waals surface area (Å²) in [7, 11) is -3.93. The molecule has 3 fully saturated rings. The number of hydrogen-bond acceptors (Lipinski definition) is 7. The molecular formula is C35H43N3O6S. The molecule has 2 amide bonds. The Morgan fingerprint density at radius 1 is 0.867 bits per heavy atom. The van der Waals surface area contributed by atoms with Crippen LogP contribution in [0.2, 0.25) is 0 Å². The summed E-state index contributed by atoms with van der Waals surface area (Å²) in [6, 6.07) is 15.8. The number of carbonyl (C=O) groups is 2. The van der Waals surface area contributed by atoms with Crippen LogP contribution in [0.5, 0.6) is 0 Å². The minimum Gasteiger partial charge on any atom is -0.448 e. The number of ether oxygens (including phenoxy) is 1. The summed E-state index contributed by atoms with van der Waals surface area (Å²) < 4.78 is 39.7. The Morgan fingerprint density at radius 3 is 2.40 bits per heavy atom. The first-order valence-corrected chi connectivity index (χ1v) is 17.9. The van der Waals surface area contributed by atoms with Gasteiger partial charge in [-0.05, 0) is 54.9 Å². The van der Waals surface area contributed by atoms with E-state index in [1.54, 1.807) is 18.2 Å². The number of fused-ring (bicyclic) bond motifs is 2. The molecule has 3 heterocycles. The smallest absolute Gasteiger partial charge is 0.273 e. The van der Waals surface area contributed by atoms with Crippen LogP contribution in [0.25, 0.3) is 0 Å². The Hall–Kier alpha value is -3.50. The minimum atomic E-state index is -3.93. The van der Waals surface area contributed by atoms with Crippen molar-refractivity contribution in [3.8, 4) is 0 Å². The largest absolute Gasteiger partial charge is 0.448 e. The summed E-state index contributed by atoms with van der Waals surface area (Å²) in [5.74, 6) is 0.352. The third-order valence-electron chi connectivity index (χ3n) is 9.70. The molecule has 3 aliphatic rings. The molecule has 2 bridgehead atoms. The maximum absolute atomic E-state index is 12.9. The third-order valence-corrected chi connectivity index (χ3v) is 11.1. The maximum Gasteiger partial charge on any atom is 0.273 e. The Kier molecular flexibility index (Phi) is 10.00. The monoisotopic (exact) mass is 633 g/mol. The number of carbonyl (C=O) groups excluding carboxylic acids is 2. The van der Waals surface area contributed by atoms with E-state index in [4.69, 9.17) is 9.15 Å². The fourth-order valence-corrected chi connectivity index (χ4v) is 8.49. The van der Waals surface area contributed by atoms with Gasteiger partial charge in [0.2, 0.25) is 11.8 Å². The van der Waals surface area contributed by atoms with Crippen molar-refractivity contribution in [1.29, 1.82) is 0 Å². The van der Waals surface area contributed by atoms with Crippen LogP contribution in [0.15, 0.2) is 70.2 Å². The van der Waals surface area contributed by atoms with Gasteiger partial charge in [0.15, 0.2) is 5.69 Å². The summed E-state index contributed by atoms with van der Waals surface area (Å²) in [6.07, 6.45) is 13.6. The highest BCUT2D eigenvalue weighted by Crippen LogP contribution is 2.54. The molecule has 4 atom stereocenters. The molecule has 45 heavy (non-hydrogen) atoms. The van der Waals surface area contributed by atoms with Gasteiger partial charge in [-0.25, -0.2) is 18.1 Å². The molecule has 1 saturated carbocycles. The minimum absolute atomic E-state index is 0.0133. The van der Waals surface area contributed by atoms with Crippen molar-refractivity contribution in [1.82, 2.24) is 15.0 Å². The molecule has 9 nitrogen and oxygen atoms in total. The van der Waals surface area contributed by atoms with Crippen molar-refractivity contribution >= 4 is 21.8 Å². The molecule has 2 N–H and O–H groups in total. The van der Waals surface area contributed by atoms with Gasteiger partial charge in [0, 0.05) is 18.9 Å². The van der Waals surface area contributed by atoms with E-state index in [1.165, 1.54) is 56.9 Å². The number of aromatic nitrogens is 1. The summed E-state index contributed by atoms with van der Waals surface area (Å²) >= 11 is 0. The third kappa shape index (κ3) is 7.49. The molecule has 4 unspecified atom stereocenters. The fourth-order valence-electron chi connectivity index (χ4n) is 7.45. The molecule has 0 spiro atoms. The number of benzene rings is 2. The van der Waals surface area contributed by atoms with Gasteiger partial charge in [0.25, 0.3) is 15.9 Å². The lowest BCUT2D eigenvalue weighted by Gasteiger charge is -2.28. The lowest BCUT2D eigenvalue weighted by Crippen LogP contribution is -2.31. The van der Waals surface area contributed by atoms with Crippen molar-refractivity contribution in [2.75, 3.05) is 6.54 Å². The van der Waals surface area contributed by atoms with Crippen LogP contribution >= 0.6 is 0 Å². The highest BCUT2D eigenvalue weighted by atomic mass is 32.2. The molecule has 1 aliphatic carbocycles. The van der Waals surface area contributed by atoms with Crippen molar-refractivity contribution in [2.45, 2.75) is 106 Å². The van der Waals surface area contributed by atoms with Crippen LogP contribution in [0.3, 0.4) is 0 Å². The zero-order valence-corrected chi connectivity index (χ0v) is 26.5. The van der Waals surface area contributed by atoms with Crippen molar-refractivity contribution < 1.29 is 27.2 Å². The van der Waals surface area contributed by atoms with E-state index < -0.39 is 15.9 Å². The highest BCUT2D eigenvalue weighted by molar-refractivity contribution is 7.90. The van der Waals surface area contributed by atoms with Gasteiger partial charge in [-0.3, -0.25) is 9.59 Å². The summed E-state index contributed by atoms with van der Waals surface area (Å²) in [5.41, 5.74) is 2.27. The zero-order chi connectivity index (χ0) is 31.2. The average Bonchev–Trinajstić information content (AvgIpc) is 3.82. The Balaban J connectivity index is 1.08. The van der Waals surface area contributed by atoms with Gasteiger partial charge in [0.05, 0.1) is 23.0 Å². The second-order valence-electron chi connectivity index (χ2n) is 12.7. The van der Waals surface area contributed by atoms with E-state index in [2.05, 4.69) is 15.0 Å². The van der Waals surface area contributed by atoms with Crippen LogP contribution < -0.4 is 10.0 Å². The predicted molar refractivity (Wildman–Crippen MR) is 169 cm³/mol. The number of nitrogens with one attached hydrogen (secondary N) is 2. The van der Waals surface area contributed by atoms with Gasteiger partial charge < -0.3 is 14.5 Å². The zero-order valence-electron chi connectivity index (χ0n) is 25.7. The number of sulfonamides is 1. The fraction of sp³-hybridized carbons (Fsp3) is 0.514. The summed E-state index contributed by atoms with van der Waals surface area (Å²) in [5, 5.41) is 3.01. The summed E-state index contributed by atoms with van der Waals surface area (Å²) in [4.78, 5) is 30.3. The number of hydrogen-bond donors (Lipinski definition) is 2. The topological polar surface area (TPSA) is 128 Å². The number of amides is 2. The van der Waals surface area contributed by atoms with Gasteiger partial charge >= 0.3 is 0 Å². The SMILES string of the molecule is O=C(CCc1ccccc1C1C2CCC(O2)C1c1nc(C(=O)NCCCCC2CCCCC2)co1)NS(=O)(=O)c1ccccc1. The standard InChI is InChI=1S/C35H43N3O6S/c39-31(38-45(41,42)26-15-5-2-6-16-26)21-18-25-14-7-8-17-27(25)32-29-19-20-30(44-29)33(32)35-37-28(23-43-35)34(40)36-22-10-9-13-24-11-3-1-4-12-24/h2,5-8,14-17,23-24,29-30,32-33H,1,3-4,9-13,18-22H2,(H,36,40)(H,38,39). The molecular weight excluding hydrogens is 590 g/mol. The number of unbranched alkanes of at least 4 members (excludes halogenated alkanes) is 1. The van der Waals surface area contributed by atoms with Gasteiger partial charge in [-0.15, -0.1) is 0 Å². The molecule has 10 heteroatoms. The molecule has 240 valence electrons. The first kappa shape index (κ1) is 31.5. The van der Waals surface area contributed by atoms with E-state index in [-0.39, 0.29) is 47.0 Å². The molecule has 0 radical (unpaired) electrons. The van der Waals surface area contributed by atoms with Gasteiger partial charge in [-0.2, -0.15) is 0 Å². The molecule has 2 saturated heterocycles. The second-order valence-corrected chi connectivity index (χ2v) is 14.4. The second kappa shape index (κ2) is 14.3. The van der Waals surface area contributed by atoms with E-state index in [0.29, 0.717) is 18.9 Å². The molecule has 3 aromatic rings. The van der Waals surface area contributed by atoms with E-state index in [9.17, 15) is 18.0 Å². The van der Waals surface area contributed by atoms with Crippen LogP contribution in [0.1, 0.15) is 110 Å². The Bertz CT molecular complexity index is 1570.